The van der Waals surface area contributed by atoms with Gasteiger partial charge in [-0.3, -0.25) is 4.79 Å². The zero-order valence-corrected chi connectivity index (χ0v) is 12.8. The first-order valence-electron chi connectivity index (χ1n) is 7.35. The van der Waals surface area contributed by atoms with Crippen LogP contribution in [0.4, 0.5) is 0 Å². The molecule has 0 heterocycles. The maximum atomic E-state index is 11.6. The van der Waals surface area contributed by atoms with Crippen molar-refractivity contribution in [3.63, 3.8) is 0 Å². The van der Waals surface area contributed by atoms with Gasteiger partial charge in [0.1, 0.15) is 0 Å². The highest BCUT2D eigenvalue weighted by Gasteiger charge is 2.36. The summed E-state index contributed by atoms with van der Waals surface area (Å²) in [5.41, 5.74) is -0.438. The molecule has 1 fully saturated rings. The molecule has 4 heteroatoms. The smallest absolute Gasteiger partial charge is 0.308 e. The van der Waals surface area contributed by atoms with Crippen molar-refractivity contribution in [3.8, 4) is 0 Å². The third-order valence-electron chi connectivity index (χ3n) is 3.65. The van der Waals surface area contributed by atoms with Gasteiger partial charge in [0.05, 0.1) is 18.1 Å². The molecular weight excluding hydrogens is 242 g/mol. The number of rotatable bonds is 5. The molecule has 0 unspecified atom stereocenters. The predicted molar refractivity (Wildman–Crippen MR) is 75.9 cm³/mol. The summed E-state index contributed by atoms with van der Waals surface area (Å²) in [5.74, 6) is -0.130. The maximum Gasteiger partial charge on any atom is 0.308 e. The molecule has 0 atom stereocenters. The number of esters is 1. The number of carbonyl (C=O) groups excluding carboxylic acids is 1. The first kappa shape index (κ1) is 16.4. The van der Waals surface area contributed by atoms with Crippen molar-refractivity contribution in [2.45, 2.75) is 59.0 Å². The van der Waals surface area contributed by atoms with Crippen molar-refractivity contribution in [2.24, 2.45) is 11.3 Å². The lowest BCUT2D eigenvalue weighted by Gasteiger charge is -2.36. The summed E-state index contributed by atoms with van der Waals surface area (Å²) in [7, 11) is 0. The molecule has 0 aromatic carbocycles. The van der Waals surface area contributed by atoms with E-state index >= 15 is 0 Å². The number of aliphatic hydroxyl groups is 1. The van der Waals surface area contributed by atoms with Gasteiger partial charge in [0.2, 0.25) is 0 Å². The Morgan fingerprint density at radius 1 is 1.37 bits per heavy atom. The standard InChI is InChI=1S/C15H29NO3/c1-5-19-13(17)12-6-8-15(18,9-7-12)11-16-10-14(2,3)4/h12,16,18H,5-11H2,1-4H3. The van der Waals surface area contributed by atoms with Crippen LogP contribution in [0.3, 0.4) is 0 Å². The summed E-state index contributed by atoms with van der Waals surface area (Å²) in [6.45, 7) is 10.3. The number of carbonyl (C=O) groups is 1. The fourth-order valence-corrected chi connectivity index (χ4v) is 2.50. The van der Waals surface area contributed by atoms with Crippen molar-refractivity contribution in [1.82, 2.24) is 5.32 Å². The Labute approximate surface area is 116 Å². The average Bonchev–Trinajstić information content (AvgIpc) is 2.28. The third-order valence-corrected chi connectivity index (χ3v) is 3.65. The molecule has 0 aromatic rings. The van der Waals surface area contributed by atoms with E-state index in [0.717, 1.165) is 19.4 Å². The molecule has 0 aromatic heterocycles. The molecule has 1 rings (SSSR count). The molecule has 0 aliphatic heterocycles. The highest BCUT2D eigenvalue weighted by atomic mass is 16.5. The third kappa shape index (κ3) is 5.91. The van der Waals surface area contributed by atoms with Crippen LogP contribution in [-0.4, -0.2) is 36.4 Å². The van der Waals surface area contributed by atoms with E-state index < -0.39 is 5.60 Å². The van der Waals surface area contributed by atoms with Crippen LogP contribution in [0.25, 0.3) is 0 Å². The van der Waals surface area contributed by atoms with E-state index in [4.69, 9.17) is 4.74 Å². The molecule has 1 aliphatic rings. The number of hydrogen-bond acceptors (Lipinski definition) is 4. The minimum Gasteiger partial charge on any atom is -0.466 e. The monoisotopic (exact) mass is 271 g/mol. The highest BCUT2D eigenvalue weighted by molar-refractivity contribution is 5.72. The van der Waals surface area contributed by atoms with Crippen LogP contribution in [0.15, 0.2) is 0 Å². The van der Waals surface area contributed by atoms with Crippen molar-refractivity contribution >= 4 is 5.97 Å². The minimum atomic E-state index is -0.658. The lowest BCUT2D eigenvalue weighted by Crippen LogP contribution is -2.46. The van der Waals surface area contributed by atoms with Gasteiger partial charge in [-0.2, -0.15) is 0 Å². The van der Waals surface area contributed by atoms with Gasteiger partial charge in [-0.25, -0.2) is 0 Å². The Balaban J connectivity index is 2.33. The van der Waals surface area contributed by atoms with Crippen LogP contribution in [-0.2, 0) is 9.53 Å². The van der Waals surface area contributed by atoms with Gasteiger partial charge in [-0.05, 0) is 38.0 Å². The van der Waals surface area contributed by atoms with Gasteiger partial charge in [0.25, 0.3) is 0 Å². The van der Waals surface area contributed by atoms with Crippen molar-refractivity contribution in [2.75, 3.05) is 19.7 Å². The molecule has 0 bridgehead atoms. The normalized spacial score (nSPS) is 28.2. The molecule has 0 radical (unpaired) electrons. The molecule has 0 amide bonds. The molecular formula is C15H29NO3. The topological polar surface area (TPSA) is 58.6 Å². The van der Waals surface area contributed by atoms with Crippen LogP contribution in [0, 0.1) is 11.3 Å². The van der Waals surface area contributed by atoms with E-state index in [9.17, 15) is 9.90 Å². The van der Waals surface area contributed by atoms with Crippen molar-refractivity contribution < 1.29 is 14.6 Å². The highest BCUT2D eigenvalue weighted by Crippen LogP contribution is 2.32. The fourth-order valence-electron chi connectivity index (χ4n) is 2.50. The van der Waals surface area contributed by atoms with Gasteiger partial charge in [0.15, 0.2) is 0 Å². The van der Waals surface area contributed by atoms with Gasteiger partial charge in [-0.1, -0.05) is 20.8 Å². The Morgan fingerprint density at radius 3 is 2.42 bits per heavy atom. The number of ether oxygens (including phenoxy) is 1. The summed E-state index contributed by atoms with van der Waals surface area (Å²) in [6, 6.07) is 0. The second kappa shape index (κ2) is 6.71. The second-order valence-electron chi connectivity index (χ2n) is 6.91. The van der Waals surface area contributed by atoms with E-state index in [1.54, 1.807) is 0 Å². The molecule has 0 spiro atoms. The van der Waals surface area contributed by atoms with E-state index in [1.165, 1.54) is 0 Å². The summed E-state index contributed by atoms with van der Waals surface area (Å²) in [6.07, 6.45) is 2.81. The summed E-state index contributed by atoms with van der Waals surface area (Å²) in [4.78, 5) is 11.6. The number of nitrogens with one attached hydrogen (secondary N) is 1. The van der Waals surface area contributed by atoms with Crippen molar-refractivity contribution in [3.05, 3.63) is 0 Å². The van der Waals surface area contributed by atoms with Crippen LogP contribution in [0.5, 0.6) is 0 Å². The van der Waals surface area contributed by atoms with E-state index in [-0.39, 0.29) is 17.3 Å². The molecule has 112 valence electrons. The molecule has 4 nitrogen and oxygen atoms in total. The zero-order valence-electron chi connectivity index (χ0n) is 12.8. The maximum absolute atomic E-state index is 11.6. The predicted octanol–water partition coefficient (Wildman–Crippen LogP) is 2.11. The molecule has 19 heavy (non-hydrogen) atoms. The van der Waals surface area contributed by atoms with Crippen LogP contribution >= 0.6 is 0 Å². The Morgan fingerprint density at radius 2 is 1.95 bits per heavy atom. The minimum absolute atomic E-state index is 0.0251. The Bertz CT molecular complexity index is 288. The largest absolute Gasteiger partial charge is 0.466 e. The quantitative estimate of drug-likeness (QED) is 0.752. The van der Waals surface area contributed by atoms with E-state index in [1.807, 2.05) is 6.92 Å². The molecule has 0 saturated heterocycles. The zero-order chi connectivity index (χ0) is 14.5. The fraction of sp³-hybridized carbons (Fsp3) is 0.933. The lowest BCUT2D eigenvalue weighted by molar-refractivity contribution is -0.151. The van der Waals surface area contributed by atoms with Crippen molar-refractivity contribution in [1.29, 1.82) is 0 Å². The van der Waals surface area contributed by atoms with Crippen LogP contribution in [0.1, 0.15) is 53.4 Å². The first-order valence-corrected chi connectivity index (χ1v) is 7.35. The van der Waals surface area contributed by atoms with Gasteiger partial charge < -0.3 is 15.2 Å². The van der Waals surface area contributed by atoms with Crippen LogP contribution in [0.2, 0.25) is 0 Å². The van der Waals surface area contributed by atoms with Gasteiger partial charge in [-0.15, -0.1) is 0 Å². The van der Waals surface area contributed by atoms with E-state index in [0.29, 0.717) is 26.0 Å². The summed E-state index contributed by atoms with van der Waals surface area (Å²) >= 11 is 0. The molecule has 1 aliphatic carbocycles. The van der Waals surface area contributed by atoms with Gasteiger partial charge >= 0.3 is 5.97 Å². The summed E-state index contributed by atoms with van der Waals surface area (Å²) in [5, 5.41) is 13.8. The summed E-state index contributed by atoms with van der Waals surface area (Å²) < 4.78 is 5.04. The Hall–Kier alpha value is -0.610. The number of hydrogen-bond donors (Lipinski definition) is 2. The first-order chi connectivity index (χ1) is 8.76. The lowest BCUT2D eigenvalue weighted by atomic mass is 9.78. The second-order valence-corrected chi connectivity index (χ2v) is 6.91. The molecule has 2 N–H and O–H groups in total. The van der Waals surface area contributed by atoms with Gasteiger partial charge in [0, 0.05) is 13.1 Å². The van der Waals surface area contributed by atoms with Crippen LogP contribution < -0.4 is 5.32 Å². The molecule has 1 saturated carbocycles. The van der Waals surface area contributed by atoms with E-state index in [2.05, 4.69) is 26.1 Å². The average molecular weight is 271 g/mol. The SMILES string of the molecule is CCOC(=O)C1CCC(O)(CNCC(C)(C)C)CC1. The Kier molecular flexibility index (Phi) is 5.81.